The third kappa shape index (κ3) is 4.22. The molecule has 0 bridgehead atoms. The Bertz CT molecular complexity index is 673. The van der Waals surface area contributed by atoms with E-state index >= 15 is 0 Å². The minimum Gasteiger partial charge on any atom is -0.488 e. The van der Waals surface area contributed by atoms with Crippen molar-refractivity contribution in [3.63, 3.8) is 0 Å². The lowest BCUT2D eigenvalue weighted by molar-refractivity contribution is -0.702. The molecular formula is C19H22Cl2NO2+. The Morgan fingerprint density at radius 2 is 1.88 bits per heavy atom. The fraction of sp³-hybridized carbons (Fsp3) is 0.368. The second kappa shape index (κ2) is 8.21. The number of aliphatic hydroxyl groups excluding tert-OH is 1. The summed E-state index contributed by atoms with van der Waals surface area (Å²) in [5.74, 6) is 0.433. The molecule has 2 aromatic carbocycles. The average Bonchev–Trinajstić information content (AvgIpc) is 2.59. The lowest BCUT2D eigenvalue weighted by Gasteiger charge is -2.24. The molecule has 0 amide bonds. The molecule has 2 aromatic rings. The van der Waals surface area contributed by atoms with Crippen molar-refractivity contribution in [2.24, 2.45) is 0 Å². The van der Waals surface area contributed by atoms with Gasteiger partial charge < -0.3 is 15.2 Å². The molecule has 1 aliphatic carbocycles. The smallest absolute Gasteiger partial charge is 0.156 e. The maximum absolute atomic E-state index is 10.2. The summed E-state index contributed by atoms with van der Waals surface area (Å²) >= 11 is 12.1. The first-order chi connectivity index (χ1) is 11.6. The quantitative estimate of drug-likeness (QED) is 0.822. The number of fused-ring (bicyclic) bond motifs is 1. The number of hydrogen-bond acceptors (Lipinski definition) is 2. The van der Waals surface area contributed by atoms with Crippen molar-refractivity contribution < 1.29 is 15.2 Å². The van der Waals surface area contributed by atoms with Crippen molar-refractivity contribution in [1.82, 2.24) is 0 Å². The van der Waals surface area contributed by atoms with Crippen LogP contribution in [0.25, 0.3) is 0 Å². The summed E-state index contributed by atoms with van der Waals surface area (Å²) in [6.07, 6.45) is 2.91. The first-order valence-electron chi connectivity index (χ1n) is 8.31. The number of ether oxygens (including phenoxy) is 1. The molecular weight excluding hydrogens is 345 g/mol. The monoisotopic (exact) mass is 366 g/mol. The summed E-state index contributed by atoms with van der Waals surface area (Å²) in [6.45, 7) is 0.759. The number of quaternary nitrogens is 1. The fourth-order valence-electron chi connectivity index (χ4n) is 3.23. The molecule has 5 heteroatoms. The Morgan fingerprint density at radius 1 is 1.12 bits per heavy atom. The normalized spacial score (nSPS) is 18.0. The van der Waals surface area contributed by atoms with Crippen LogP contribution >= 0.6 is 23.2 Å². The van der Waals surface area contributed by atoms with Crippen LogP contribution in [-0.2, 0) is 6.42 Å². The summed E-state index contributed by atoms with van der Waals surface area (Å²) in [5, 5.41) is 13.4. The van der Waals surface area contributed by atoms with E-state index in [9.17, 15) is 5.11 Å². The van der Waals surface area contributed by atoms with Gasteiger partial charge in [0.2, 0.25) is 0 Å². The van der Waals surface area contributed by atoms with Crippen molar-refractivity contribution in [3.8, 4) is 5.75 Å². The van der Waals surface area contributed by atoms with Gasteiger partial charge in [0.1, 0.15) is 25.3 Å². The lowest BCUT2D eigenvalue weighted by atomic mass is 9.88. The molecule has 3 N–H and O–H groups in total. The Morgan fingerprint density at radius 3 is 2.67 bits per heavy atom. The van der Waals surface area contributed by atoms with Crippen LogP contribution in [0.4, 0.5) is 0 Å². The van der Waals surface area contributed by atoms with Crippen LogP contribution in [0.2, 0.25) is 10.0 Å². The van der Waals surface area contributed by atoms with Gasteiger partial charge in [-0.15, -0.1) is 0 Å². The molecule has 0 unspecified atom stereocenters. The Kier molecular flexibility index (Phi) is 6.01. The molecule has 0 saturated heterocycles. The summed E-state index contributed by atoms with van der Waals surface area (Å²) in [5.41, 5.74) is 2.82. The topological polar surface area (TPSA) is 46.1 Å². The van der Waals surface area contributed by atoms with Crippen molar-refractivity contribution in [2.75, 3.05) is 13.2 Å². The highest BCUT2D eigenvalue weighted by atomic mass is 35.5. The van der Waals surface area contributed by atoms with Gasteiger partial charge in [-0.1, -0.05) is 53.5 Å². The zero-order valence-electron chi connectivity index (χ0n) is 13.4. The molecule has 128 valence electrons. The zero-order chi connectivity index (χ0) is 16.9. The number of halogens is 2. The van der Waals surface area contributed by atoms with Gasteiger partial charge in [-0.05, 0) is 30.5 Å². The van der Waals surface area contributed by atoms with Gasteiger partial charge in [-0.3, -0.25) is 0 Å². The third-order valence-electron chi connectivity index (χ3n) is 4.45. The second-order valence-electron chi connectivity index (χ2n) is 6.18. The number of benzene rings is 2. The minimum atomic E-state index is -0.577. The predicted molar refractivity (Wildman–Crippen MR) is 96.9 cm³/mol. The molecule has 0 saturated carbocycles. The highest BCUT2D eigenvalue weighted by Gasteiger charge is 2.23. The van der Waals surface area contributed by atoms with E-state index in [1.165, 1.54) is 17.5 Å². The van der Waals surface area contributed by atoms with Crippen LogP contribution in [0.15, 0.2) is 42.5 Å². The number of hydrogen-bond donors (Lipinski definition) is 2. The maximum Gasteiger partial charge on any atom is 0.156 e. The van der Waals surface area contributed by atoms with Crippen molar-refractivity contribution >= 4 is 23.2 Å². The van der Waals surface area contributed by atoms with E-state index in [-0.39, 0.29) is 6.61 Å². The summed E-state index contributed by atoms with van der Waals surface area (Å²) in [6, 6.07) is 14.2. The fourth-order valence-corrected chi connectivity index (χ4v) is 3.73. The van der Waals surface area contributed by atoms with Crippen LogP contribution in [0.1, 0.15) is 30.0 Å². The average molecular weight is 367 g/mol. The number of rotatable bonds is 6. The lowest BCUT2D eigenvalue weighted by Crippen LogP contribution is -2.87. The van der Waals surface area contributed by atoms with Gasteiger partial charge in [0, 0.05) is 12.0 Å². The molecule has 24 heavy (non-hydrogen) atoms. The largest absolute Gasteiger partial charge is 0.488 e. The number of para-hydroxylation sites is 1. The Hall–Kier alpha value is -1.26. The highest BCUT2D eigenvalue weighted by Crippen LogP contribution is 2.32. The molecule has 0 aliphatic heterocycles. The minimum absolute atomic E-state index is 0.175. The van der Waals surface area contributed by atoms with Crippen LogP contribution in [-0.4, -0.2) is 24.4 Å². The van der Waals surface area contributed by atoms with E-state index in [0.29, 0.717) is 28.4 Å². The first-order valence-corrected chi connectivity index (χ1v) is 9.06. The standard InChI is InChI=1S/C19H21Cl2NO2/c20-16-8-4-9-17(21)19(16)24-12-14(23)11-22-18-10-3-6-13-5-1-2-7-15(13)18/h1-2,4-5,7-9,14,18,22-23H,3,6,10-12H2/p+1/t14-,18-/m0/s1. The molecule has 0 aromatic heterocycles. The van der Waals surface area contributed by atoms with Gasteiger partial charge in [0.15, 0.2) is 5.75 Å². The van der Waals surface area contributed by atoms with Gasteiger partial charge in [0.05, 0.1) is 10.0 Å². The van der Waals surface area contributed by atoms with Gasteiger partial charge in [-0.25, -0.2) is 0 Å². The SMILES string of the molecule is O[C@@H](C[NH2+][C@H]1CCCc2ccccc21)COc1c(Cl)cccc1Cl. The Labute approximate surface area is 152 Å². The van der Waals surface area contributed by atoms with Crippen LogP contribution in [0.3, 0.4) is 0 Å². The molecule has 3 rings (SSSR count). The molecule has 3 nitrogen and oxygen atoms in total. The summed E-state index contributed by atoms with van der Waals surface area (Å²) < 4.78 is 5.60. The maximum atomic E-state index is 10.2. The molecule has 2 atom stereocenters. The van der Waals surface area contributed by atoms with Crippen LogP contribution in [0, 0.1) is 0 Å². The van der Waals surface area contributed by atoms with Gasteiger partial charge in [-0.2, -0.15) is 0 Å². The van der Waals surface area contributed by atoms with Crippen molar-refractivity contribution in [3.05, 3.63) is 63.6 Å². The molecule has 0 heterocycles. The summed E-state index contributed by atoms with van der Waals surface area (Å²) in [7, 11) is 0. The van der Waals surface area contributed by atoms with Crippen LogP contribution in [0.5, 0.6) is 5.75 Å². The van der Waals surface area contributed by atoms with E-state index in [1.807, 2.05) is 0 Å². The number of aliphatic hydroxyl groups is 1. The van der Waals surface area contributed by atoms with E-state index in [0.717, 1.165) is 12.8 Å². The second-order valence-corrected chi connectivity index (χ2v) is 7.00. The number of nitrogens with two attached hydrogens (primary N) is 1. The first kappa shape index (κ1) is 17.6. The highest BCUT2D eigenvalue weighted by molar-refractivity contribution is 6.37. The Balaban J connectivity index is 1.52. The van der Waals surface area contributed by atoms with E-state index in [1.54, 1.807) is 18.2 Å². The third-order valence-corrected chi connectivity index (χ3v) is 5.04. The molecule has 1 aliphatic rings. The van der Waals surface area contributed by atoms with Crippen LogP contribution < -0.4 is 10.1 Å². The van der Waals surface area contributed by atoms with Crippen molar-refractivity contribution in [1.29, 1.82) is 0 Å². The van der Waals surface area contributed by atoms with E-state index in [4.69, 9.17) is 27.9 Å². The van der Waals surface area contributed by atoms with E-state index in [2.05, 4.69) is 29.6 Å². The van der Waals surface area contributed by atoms with Gasteiger partial charge in [0.25, 0.3) is 0 Å². The zero-order valence-corrected chi connectivity index (χ0v) is 14.9. The molecule has 0 radical (unpaired) electrons. The van der Waals surface area contributed by atoms with Crippen molar-refractivity contribution in [2.45, 2.75) is 31.4 Å². The number of aryl methyl sites for hydroxylation is 1. The van der Waals surface area contributed by atoms with E-state index < -0.39 is 6.10 Å². The predicted octanol–water partition coefficient (Wildman–Crippen LogP) is 3.37. The summed E-state index contributed by atoms with van der Waals surface area (Å²) in [4.78, 5) is 0. The molecule has 0 fully saturated rings. The van der Waals surface area contributed by atoms with Gasteiger partial charge >= 0.3 is 0 Å². The molecule has 0 spiro atoms.